The molecule has 3 rings (SSSR count). The Hall–Kier alpha value is -4.26. The molecule has 0 fully saturated rings. The summed E-state index contributed by atoms with van der Waals surface area (Å²) in [5, 5.41) is 2.25. The van der Waals surface area contributed by atoms with Crippen molar-refractivity contribution >= 4 is 24.1 Å². The Morgan fingerprint density at radius 2 is 1.21 bits per heavy atom. The lowest BCUT2D eigenvalue weighted by Gasteiger charge is -2.28. The highest BCUT2D eigenvalue weighted by Gasteiger charge is 2.50. The molecular formula is C26H23NO6. The Morgan fingerprint density at radius 3 is 1.73 bits per heavy atom. The van der Waals surface area contributed by atoms with Crippen molar-refractivity contribution in [1.82, 2.24) is 5.32 Å². The molecule has 0 saturated carbocycles. The van der Waals surface area contributed by atoms with E-state index < -0.39 is 29.7 Å². The van der Waals surface area contributed by atoms with Gasteiger partial charge in [0.1, 0.15) is 13.2 Å². The molecule has 3 aromatic rings. The number of amides is 1. The number of hydrogen-bond donors (Lipinski definition) is 1. The number of nitrogens with one attached hydrogen (secondary N) is 1. The number of esters is 2. The molecule has 0 heterocycles. The van der Waals surface area contributed by atoms with Crippen LogP contribution in [0.15, 0.2) is 91.0 Å². The molecule has 0 bridgehead atoms. The minimum absolute atomic E-state index is 0.0462. The zero-order chi connectivity index (χ0) is 23.5. The first-order chi connectivity index (χ1) is 16.0. The lowest BCUT2D eigenvalue weighted by Crippen LogP contribution is -2.59. The molecule has 168 valence electrons. The number of benzene rings is 3. The number of carbonyl (C=O) groups excluding carboxylic acids is 4. The zero-order valence-electron chi connectivity index (χ0n) is 17.8. The molecule has 0 saturated heterocycles. The number of ketones is 1. The van der Waals surface area contributed by atoms with Gasteiger partial charge in [0, 0.05) is 5.56 Å². The fourth-order valence-corrected chi connectivity index (χ4v) is 3.21. The summed E-state index contributed by atoms with van der Waals surface area (Å²) in [5.41, 5.74) is -0.712. The number of Topliss-reactive ketones (excluding diaryl/α,β-unsaturated/α-hetero) is 1. The topological polar surface area (TPSA) is 98.8 Å². The van der Waals surface area contributed by atoms with Crippen LogP contribution in [0.5, 0.6) is 0 Å². The quantitative estimate of drug-likeness (QED) is 0.211. The van der Waals surface area contributed by atoms with Crippen molar-refractivity contribution in [3.05, 3.63) is 108 Å². The van der Waals surface area contributed by atoms with Crippen LogP contribution < -0.4 is 5.32 Å². The van der Waals surface area contributed by atoms with Crippen LogP contribution in [0.25, 0.3) is 0 Å². The average molecular weight is 445 g/mol. The van der Waals surface area contributed by atoms with Crippen LogP contribution in [0.4, 0.5) is 0 Å². The SMILES string of the molecule is O=CNC(CC(=O)OCc1ccccc1)(C(=O)OCc1ccccc1)C(=O)c1ccccc1. The van der Waals surface area contributed by atoms with E-state index in [2.05, 4.69) is 5.32 Å². The van der Waals surface area contributed by atoms with E-state index in [0.29, 0.717) is 5.56 Å². The van der Waals surface area contributed by atoms with Crippen molar-refractivity contribution in [3.63, 3.8) is 0 Å². The largest absolute Gasteiger partial charge is 0.461 e. The summed E-state index contributed by atoms with van der Waals surface area (Å²) in [6.45, 7) is -0.182. The fourth-order valence-electron chi connectivity index (χ4n) is 3.21. The summed E-state index contributed by atoms with van der Waals surface area (Å²) in [4.78, 5) is 50.7. The first-order valence-electron chi connectivity index (χ1n) is 10.3. The van der Waals surface area contributed by atoms with Crippen molar-refractivity contribution in [1.29, 1.82) is 0 Å². The average Bonchev–Trinajstić information content (AvgIpc) is 2.87. The van der Waals surface area contributed by atoms with Gasteiger partial charge in [0.15, 0.2) is 5.78 Å². The van der Waals surface area contributed by atoms with E-state index in [4.69, 9.17) is 9.47 Å². The van der Waals surface area contributed by atoms with Crippen LogP contribution in [0.2, 0.25) is 0 Å². The summed E-state index contributed by atoms with van der Waals surface area (Å²) in [7, 11) is 0. The van der Waals surface area contributed by atoms with Gasteiger partial charge in [-0.15, -0.1) is 0 Å². The predicted octanol–water partition coefficient (Wildman–Crippen LogP) is 3.23. The minimum atomic E-state index is -2.27. The van der Waals surface area contributed by atoms with E-state index in [0.717, 1.165) is 5.56 Å². The van der Waals surface area contributed by atoms with Gasteiger partial charge in [-0.05, 0) is 11.1 Å². The summed E-state index contributed by atoms with van der Waals surface area (Å²) >= 11 is 0. The maximum atomic E-state index is 13.4. The van der Waals surface area contributed by atoms with Crippen molar-refractivity contribution in [2.24, 2.45) is 0 Å². The summed E-state index contributed by atoms with van der Waals surface area (Å²) in [5.74, 6) is -2.66. The van der Waals surface area contributed by atoms with Crippen LogP contribution in [0.3, 0.4) is 0 Å². The Labute approximate surface area is 191 Å². The predicted molar refractivity (Wildman–Crippen MR) is 120 cm³/mol. The van der Waals surface area contributed by atoms with E-state index >= 15 is 0 Å². The van der Waals surface area contributed by atoms with Crippen LogP contribution in [-0.4, -0.2) is 29.7 Å². The van der Waals surface area contributed by atoms with Gasteiger partial charge in [-0.3, -0.25) is 14.4 Å². The third kappa shape index (κ3) is 6.13. The van der Waals surface area contributed by atoms with Crippen LogP contribution in [0, 0.1) is 0 Å². The number of hydrogen-bond acceptors (Lipinski definition) is 6. The lowest BCUT2D eigenvalue weighted by molar-refractivity contribution is -0.158. The van der Waals surface area contributed by atoms with Gasteiger partial charge < -0.3 is 14.8 Å². The molecule has 0 aliphatic heterocycles. The van der Waals surface area contributed by atoms with Gasteiger partial charge in [0.05, 0.1) is 6.42 Å². The van der Waals surface area contributed by atoms with Gasteiger partial charge in [-0.2, -0.15) is 0 Å². The normalized spacial score (nSPS) is 12.1. The van der Waals surface area contributed by atoms with Crippen molar-refractivity contribution in [2.45, 2.75) is 25.2 Å². The van der Waals surface area contributed by atoms with Crippen LogP contribution in [0.1, 0.15) is 27.9 Å². The molecule has 33 heavy (non-hydrogen) atoms. The third-order valence-electron chi connectivity index (χ3n) is 4.94. The summed E-state index contributed by atoms with van der Waals surface area (Å²) in [6.07, 6.45) is -0.519. The van der Waals surface area contributed by atoms with E-state index in [1.807, 2.05) is 12.1 Å². The van der Waals surface area contributed by atoms with Crippen LogP contribution in [-0.2, 0) is 37.1 Å². The maximum absolute atomic E-state index is 13.4. The third-order valence-corrected chi connectivity index (χ3v) is 4.94. The summed E-state index contributed by atoms with van der Waals surface area (Å²) in [6, 6.07) is 25.7. The van der Waals surface area contributed by atoms with Crippen molar-refractivity contribution in [3.8, 4) is 0 Å². The number of ether oxygens (including phenoxy) is 2. The molecule has 3 aromatic carbocycles. The zero-order valence-corrected chi connectivity index (χ0v) is 17.8. The second kappa shape index (κ2) is 11.4. The van der Waals surface area contributed by atoms with Gasteiger partial charge >= 0.3 is 11.9 Å². The van der Waals surface area contributed by atoms with Crippen molar-refractivity contribution in [2.75, 3.05) is 0 Å². The van der Waals surface area contributed by atoms with Gasteiger partial charge in [0.25, 0.3) is 0 Å². The number of rotatable bonds is 11. The molecule has 1 N–H and O–H groups in total. The molecule has 0 spiro atoms. The Balaban J connectivity index is 1.85. The molecule has 0 radical (unpaired) electrons. The van der Waals surface area contributed by atoms with E-state index in [-0.39, 0.29) is 25.2 Å². The highest BCUT2D eigenvalue weighted by molar-refractivity contribution is 6.19. The standard InChI is InChI=1S/C26H23NO6/c28-19-27-26(24(30)22-14-8-3-9-15-22,25(31)33-18-21-12-6-2-7-13-21)16-23(29)32-17-20-10-4-1-5-11-20/h1-15,19H,16-18H2,(H,27,28). The van der Waals surface area contributed by atoms with Gasteiger partial charge in [-0.25, -0.2) is 4.79 Å². The lowest BCUT2D eigenvalue weighted by atomic mass is 9.86. The van der Waals surface area contributed by atoms with Gasteiger partial charge in [0.2, 0.25) is 11.9 Å². The number of carbonyl (C=O) groups is 4. The maximum Gasteiger partial charge on any atom is 0.341 e. The molecule has 0 aliphatic carbocycles. The highest BCUT2D eigenvalue weighted by Crippen LogP contribution is 2.22. The molecule has 7 nitrogen and oxygen atoms in total. The van der Waals surface area contributed by atoms with E-state index in [1.54, 1.807) is 66.7 Å². The first kappa shape index (κ1) is 23.4. The first-order valence-corrected chi connectivity index (χ1v) is 10.3. The molecule has 1 amide bonds. The minimum Gasteiger partial charge on any atom is -0.461 e. The molecule has 1 unspecified atom stereocenters. The molecule has 7 heteroatoms. The van der Waals surface area contributed by atoms with E-state index in [1.165, 1.54) is 12.1 Å². The highest BCUT2D eigenvalue weighted by atomic mass is 16.5. The van der Waals surface area contributed by atoms with Crippen molar-refractivity contribution < 1.29 is 28.7 Å². The second-order valence-electron chi connectivity index (χ2n) is 7.25. The van der Waals surface area contributed by atoms with Gasteiger partial charge in [-0.1, -0.05) is 91.0 Å². The fraction of sp³-hybridized carbons (Fsp3) is 0.154. The van der Waals surface area contributed by atoms with Crippen LogP contribution >= 0.6 is 0 Å². The Bertz CT molecular complexity index is 1090. The Kier molecular flexibility index (Phi) is 8.07. The second-order valence-corrected chi connectivity index (χ2v) is 7.25. The molecule has 0 aliphatic rings. The van der Waals surface area contributed by atoms with E-state index in [9.17, 15) is 19.2 Å². The smallest absolute Gasteiger partial charge is 0.341 e. The summed E-state index contributed by atoms with van der Waals surface area (Å²) < 4.78 is 10.6. The Morgan fingerprint density at radius 1 is 0.727 bits per heavy atom. The molecular weight excluding hydrogens is 422 g/mol. The molecule has 1 atom stereocenters. The molecule has 0 aromatic heterocycles. The monoisotopic (exact) mass is 445 g/mol.